The zero-order valence-electron chi connectivity index (χ0n) is 19.8. The zero-order valence-corrected chi connectivity index (χ0v) is 20.6. The van der Waals surface area contributed by atoms with E-state index < -0.39 is 0 Å². The topological polar surface area (TPSA) is 95.9 Å². The highest BCUT2D eigenvalue weighted by atomic mass is 32.1. The maximum absolute atomic E-state index is 9.59. The fraction of sp³-hybridized carbons (Fsp3) is 0.600. The van der Waals surface area contributed by atoms with Gasteiger partial charge in [0.05, 0.1) is 21.7 Å². The quantitative estimate of drug-likeness (QED) is 0.409. The summed E-state index contributed by atoms with van der Waals surface area (Å²) in [6, 6.07) is 2.48. The molecule has 3 heterocycles. The summed E-state index contributed by atoms with van der Waals surface area (Å²) in [4.78, 5) is 19.6. The third kappa shape index (κ3) is 4.82. The Morgan fingerprint density at radius 2 is 1.85 bits per heavy atom. The molecule has 2 saturated carbocycles. The van der Waals surface area contributed by atoms with Crippen LogP contribution in [0.2, 0.25) is 0 Å². The van der Waals surface area contributed by atoms with E-state index in [4.69, 9.17) is 19.9 Å². The van der Waals surface area contributed by atoms with E-state index >= 15 is 0 Å². The highest BCUT2D eigenvalue weighted by molar-refractivity contribution is 7.21. The van der Waals surface area contributed by atoms with Crippen LogP contribution in [0.25, 0.3) is 20.8 Å². The number of thiazole rings is 1. The third-order valence-electron chi connectivity index (χ3n) is 6.89. The smallest absolute Gasteiger partial charge is 0.224 e. The number of hydrogen-bond acceptors (Lipinski definition) is 8. The van der Waals surface area contributed by atoms with Crippen LogP contribution in [-0.4, -0.2) is 44.2 Å². The number of nitrogens with zero attached hydrogens (tertiary/aromatic N) is 4. The number of rotatable bonds is 9. The van der Waals surface area contributed by atoms with E-state index in [0.29, 0.717) is 17.9 Å². The van der Waals surface area contributed by atoms with Crippen LogP contribution in [0.15, 0.2) is 6.07 Å². The summed E-state index contributed by atoms with van der Waals surface area (Å²) < 4.78 is 1.18. The Morgan fingerprint density at radius 3 is 2.55 bits per heavy atom. The van der Waals surface area contributed by atoms with Crippen LogP contribution >= 0.6 is 11.3 Å². The fourth-order valence-electron chi connectivity index (χ4n) is 4.72. The van der Waals surface area contributed by atoms with Crippen molar-refractivity contribution in [2.45, 2.75) is 71.8 Å². The minimum absolute atomic E-state index is 0.256. The molecule has 0 spiro atoms. The molecule has 3 aromatic rings. The van der Waals surface area contributed by atoms with Crippen molar-refractivity contribution in [2.75, 3.05) is 23.8 Å². The third-order valence-corrected chi connectivity index (χ3v) is 7.91. The molecule has 2 aliphatic carbocycles. The molecule has 2 fully saturated rings. The Morgan fingerprint density at radius 1 is 1.03 bits per heavy atom. The van der Waals surface area contributed by atoms with Gasteiger partial charge in [-0.05, 0) is 69.8 Å². The number of aliphatic hydroxyl groups excluding tert-OH is 1. The van der Waals surface area contributed by atoms with Gasteiger partial charge in [-0.2, -0.15) is 4.98 Å². The second kappa shape index (κ2) is 9.50. The second-order valence-corrected chi connectivity index (χ2v) is 10.5. The number of aliphatic hydroxyl groups is 1. The number of hydrogen-bond donors (Lipinski definition) is 3. The Labute approximate surface area is 199 Å². The summed E-state index contributed by atoms with van der Waals surface area (Å²) in [6.45, 7) is 7.52. The molecule has 33 heavy (non-hydrogen) atoms. The predicted octanol–water partition coefficient (Wildman–Crippen LogP) is 4.98. The summed E-state index contributed by atoms with van der Waals surface area (Å²) in [5, 5.41) is 17.7. The van der Waals surface area contributed by atoms with Crippen LogP contribution in [0.4, 0.5) is 11.8 Å². The number of aromatic nitrogens is 4. The zero-order chi connectivity index (χ0) is 22.9. The van der Waals surface area contributed by atoms with Crippen LogP contribution in [0.5, 0.6) is 0 Å². The fourth-order valence-corrected chi connectivity index (χ4v) is 5.86. The average molecular weight is 467 g/mol. The summed E-state index contributed by atoms with van der Waals surface area (Å²) >= 11 is 1.70. The van der Waals surface area contributed by atoms with Gasteiger partial charge in [-0.3, -0.25) is 4.98 Å². The van der Waals surface area contributed by atoms with Crippen LogP contribution in [0.1, 0.15) is 63.0 Å². The monoisotopic (exact) mass is 466 g/mol. The van der Waals surface area contributed by atoms with E-state index in [2.05, 4.69) is 37.5 Å². The van der Waals surface area contributed by atoms with Crippen molar-refractivity contribution >= 4 is 33.3 Å². The largest absolute Gasteiger partial charge is 0.396 e. The van der Waals surface area contributed by atoms with Crippen LogP contribution in [0.3, 0.4) is 0 Å². The van der Waals surface area contributed by atoms with Gasteiger partial charge in [0.25, 0.3) is 0 Å². The molecule has 3 aromatic heterocycles. The summed E-state index contributed by atoms with van der Waals surface area (Å²) in [5.74, 6) is 2.66. The first-order valence-corrected chi connectivity index (χ1v) is 13.2. The van der Waals surface area contributed by atoms with E-state index in [1.165, 1.54) is 17.5 Å². The molecule has 5 rings (SSSR count). The maximum Gasteiger partial charge on any atom is 0.224 e. The Hall–Kier alpha value is -2.32. The summed E-state index contributed by atoms with van der Waals surface area (Å²) in [5.41, 5.74) is 5.09. The first kappa shape index (κ1) is 22.5. The number of anilines is 2. The predicted molar refractivity (Wildman–Crippen MR) is 135 cm³/mol. The highest BCUT2D eigenvalue weighted by Crippen LogP contribution is 2.39. The lowest BCUT2D eigenvalue weighted by atomic mass is 10.1. The molecule has 0 bridgehead atoms. The van der Waals surface area contributed by atoms with Gasteiger partial charge in [0, 0.05) is 24.9 Å². The highest BCUT2D eigenvalue weighted by Gasteiger charge is 2.27. The number of pyridine rings is 1. The lowest BCUT2D eigenvalue weighted by molar-refractivity contribution is 0.229. The first-order chi connectivity index (χ1) is 16.1. The van der Waals surface area contributed by atoms with Crippen molar-refractivity contribution in [1.82, 2.24) is 19.9 Å². The SMILES string of the molecule is CCc1cc2sc(-c3c(C)nc(NCC4CC4)nc3NC3CCC(CO)C3)nc2c(CC)n1. The molecule has 3 N–H and O–H groups in total. The van der Waals surface area contributed by atoms with Gasteiger partial charge < -0.3 is 15.7 Å². The van der Waals surface area contributed by atoms with Crippen molar-refractivity contribution < 1.29 is 5.11 Å². The normalized spacial score (nSPS) is 20.5. The van der Waals surface area contributed by atoms with Crippen molar-refractivity contribution in [3.63, 3.8) is 0 Å². The molecular weight excluding hydrogens is 432 g/mol. The Balaban J connectivity index is 1.54. The molecule has 8 heteroatoms. The minimum atomic E-state index is 0.256. The van der Waals surface area contributed by atoms with Crippen LogP contribution in [-0.2, 0) is 12.8 Å². The molecular formula is C25H34N6OS. The molecule has 0 amide bonds. The summed E-state index contributed by atoms with van der Waals surface area (Å²) in [6.07, 6.45) is 7.42. The van der Waals surface area contributed by atoms with Gasteiger partial charge in [-0.1, -0.05) is 13.8 Å². The number of fused-ring (bicyclic) bond motifs is 1. The van der Waals surface area contributed by atoms with Gasteiger partial charge in [-0.15, -0.1) is 11.3 Å². The van der Waals surface area contributed by atoms with Crippen molar-refractivity contribution in [3.05, 3.63) is 23.1 Å². The molecule has 2 atom stereocenters. The van der Waals surface area contributed by atoms with Crippen LogP contribution in [0, 0.1) is 18.8 Å². The van der Waals surface area contributed by atoms with E-state index in [1.807, 2.05) is 0 Å². The van der Waals surface area contributed by atoms with Gasteiger partial charge in [0.15, 0.2) is 0 Å². The van der Waals surface area contributed by atoms with Gasteiger partial charge >= 0.3 is 0 Å². The lowest BCUT2D eigenvalue weighted by Crippen LogP contribution is -2.19. The van der Waals surface area contributed by atoms with Gasteiger partial charge in [-0.25, -0.2) is 9.97 Å². The molecule has 2 unspecified atom stereocenters. The lowest BCUT2D eigenvalue weighted by Gasteiger charge is -2.18. The van der Waals surface area contributed by atoms with Gasteiger partial charge in [0.2, 0.25) is 5.95 Å². The van der Waals surface area contributed by atoms with Gasteiger partial charge in [0.1, 0.15) is 16.3 Å². The van der Waals surface area contributed by atoms with E-state index in [9.17, 15) is 5.11 Å². The number of aryl methyl sites for hydroxylation is 3. The van der Waals surface area contributed by atoms with Crippen molar-refractivity contribution in [3.8, 4) is 10.6 Å². The van der Waals surface area contributed by atoms with Crippen molar-refractivity contribution in [1.29, 1.82) is 0 Å². The molecule has 2 aliphatic rings. The summed E-state index contributed by atoms with van der Waals surface area (Å²) in [7, 11) is 0. The molecule has 7 nitrogen and oxygen atoms in total. The molecule has 176 valence electrons. The van der Waals surface area contributed by atoms with E-state index in [1.54, 1.807) is 11.3 Å². The average Bonchev–Trinajstić information content (AvgIpc) is 3.38. The maximum atomic E-state index is 9.59. The molecule has 0 aromatic carbocycles. The Kier molecular flexibility index (Phi) is 6.47. The van der Waals surface area contributed by atoms with Crippen LogP contribution < -0.4 is 10.6 Å². The van der Waals surface area contributed by atoms with E-state index in [0.717, 1.165) is 83.6 Å². The van der Waals surface area contributed by atoms with Crippen molar-refractivity contribution in [2.24, 2.45) is 11.8 Å². The number of nitrogens with one attached hydrogen (secondary N) is 2. The second-order valence-electron chi connectivity index (χ2n) is 9.52. The molecule has 0 aliphatic heterocycles. The molecule has 0 saturated heterocycles. The molecule has 0 radical (unpaired) electrons. The van der Waals surface area contributed by atoms with E-state index in [-0.39, 0.29) is 6.61 Å². The standard InChI is InChI=1S/C25H34N6OS/c1-4-17-11-20-22(19(5-2)28-17)30-24(33-20)21-14(3)27-25(26-12-15-6-7-15)31-23(21)29-18-9-8-16(10-18)13-32/h11,15-16,18,32H,4-10,12-13H2,1-3H3,(H2,26,27,29,31). The Bertz CT molecular complexity index is 1140. The first-order valence-electron chi connectivity index (χ1n) is 12.4. The minimum Gasteiger partial charge on any atom is -0.396 e.